The van der Waals surface area contributed by atoms with Crippen molar-refractivity contribution in [2.24, 2.45) is 0 Å². The van der Waals surface area contributed by atoms with Crippen LogP contribution in [0.4, 0.5) is 5.69 Å². The van der Waals surface area contributed by atoms with Crippen molar-refractivity contribution in [2.75, 3.05) is 29.5 Å². The van der Waals surface area contributed by atoms with E-state index in [2.05, 4.69) is 4.90 Å². The van der Waals surface area contributed by atoms with E-state index >= 15 is 0 Å². The second-order valence-electron chi connectivity index (χ2n) is 3.95. The van der Waals surface area contributed by atoms with Crippen LogP contribution in [0.15, 0.2) is 24.3 Å². The van der Waals surface area contributed by atoms with Crippen LogP contribution in [0.2, 0.25) is 5.02 Å². The van der Waals surface area contributed by atoms with Gasteiger partial charge in [-0.2, -0.15) is 11.8 Å². The summed E-state index contributed by atoms with van der Waals surface area (Å²) in [6.07, 6.45) is 2.75. The van der Waals surface area contributed by atoms with Crippen molar-refractivity contribution < 1.29 is 9.90 Å². The van der Waals surface area contributed by atoms with Crippen molar-refractivity contribution in [3.8, 4) is 0 Å². The first-order valence-corrected chi connectivity index (χ1v) is 7.24. The normalized spacial score (nSPS) is 16.2. The van der Waals surface area contributed by atoms with Gasteiger partial charge in [-0.05, 0) is 17.7 Å². The number of nitrogens with zero attached hydrogens (tertiary/aromatic N) is 1. The highest BCUT2D eigenvalue weighted by atomic mass is 35.5. The Bertz CT molecular complexity index is 470. The monoisotopic (exact) mass is 283 g/mol. The second-order valence-corrected chi connectivity index (χ2v) is 5.58. The quantitative estimate of drug-likeness (QED) is 0.866. The van der Waals surface area contributed by atoms with Crippen LogP contribution in [-0.4, -0.2) is 35.7 Å². The average molecular weight is 284 g/mol. The maximum Gasteiger partial charge on any atom is 0.328 e. The minimum atomic E-state index is -0.949. The zero-order valence-corrected chi connectivity index (χ0v) is 11.4. The molecule has 2 rings (SSSR count). The molecule has 0 saturated carbocycles. The van der Waals surface area contributed by atoms with E-state index in [0.717, 1.165) is 41.9 Å². The third-order valence-corrected chi connectivity index (χ3v) is 4.00. The zero-order valence-electron chi connectivity index (χ0n) is 9.80. The van der Waals surface area contributed by atoms with Crippen molar-refractivity contribution in [1.82, 2.24) is 0 Å². The number of hydrogen-bond acceptors (Lipinski definition) is 3. The Balaban J connectivity index is 2.34. The molecule has 18 heavy (non-hydrogen) atoms. The van der Waals surface area contributed by atoms with Gasteiger partial charge in [-0.1, -0.05) is 23.7 Å². The lowest BCUT2D eigenvalue weighted by atomic mass is 10.1. The average Bonchev–Trinajstić information content (AvgIpc) is 2.37. The summed E-state index contributed by atoms with van der Waals surface area (Å²) in [6, 6.07) is 5.57. The van der Waals surface area contributed by atoms with E-state index < -0.39 is 5.97 Å². The molecule has 5 heteroatoms. The van der Waals surface area contributed by atoms with Gasteiger partial charge in [0.25, 0.3) is 0 Å². The van der Waals surface area contributed by atoms with Crippen molar-refractivity contribution in [2.45, 2.75) is 0 Å². The Hall–Kier alpha value is -1.13. The number of hydrogen-bond donors (Lipinski definition) is 1. The molecule has 0 radical (unpaired) electrons. The third kappa shape index (κ3) is 3.21. The van der Waals surface area contributed by atoms with Crippen LogP contribution in [0.25, 0.3) is 6.08 Å². The predicted octanol–water partition coefficient (Wildman–Crippen LogP) is 2.99. The van der Waals surface area contributed by atoms with E-state index in [0.29, 0.717) is 5.02 Å². The van der Waals surface area contributed by atoms with Gasteiger partial charge in [0.1, 0.15) is 0 Å². The van der Waals surface area contributed by atoms with Crippen molar-refractivity contribution in [1.29, 1.82) is 0 Å². The van der Waals surface area contributed by atoms with Crippen LogP contribution in [0.3, 0.4) is 0 Å². The lowest BCUT2D eigenvalue weighted by Gasteiger charge is -2.30. The number of benzene rings is 1. The van der Waals surface area contributed by atoms with Crippen LogP contribution in [0.5, 0.6) is 0 Å². The van der Waals surface area contributed by atoms with Gasteiger partial charge in [-0.25, -0.2) is 4.79 Å². The summed E-state index contributed by atoms with van der Waals surface area (Å²) in [6.45, 7) is 1.89. The number of thioether (sulfide) groups is 1. The minimum absolute atomic E-state index is 0.675. The van der Waals surface area contributed by atoms with E-state index in [1.165, 1.54) is 0 Å². The van der Waals surface area contributed by atoms with Gasteiger partial charge in [0.15, 0.2) is 0 Å². The van der Waals surface area contributed by atoms with Gasteiger partial charge in [0, 0.05) is 30.7 Å². The molecule has 0 bridgehead atoms. The van der Waals surface area contributed by atoms with Crippen molar-refractivity contribution in [3.05, 3.63) is 34.9 Å². The lowest BCUT2D eigenvalue weighted by Crippen LogP contribution is -2.33. The Kier molecular flexibility index (Phi) is 4.55. The summed E-state index contributed by atoms with van der Waals surface area (Å²) < 4.78 is 0. The summed E-state index contributed by atoms with van der Waals surface area (Å²) in [5, 5.41) is 9.38. The van der Waals surface area contributed by atoms with Gasteiger partial charge in [-0.15, -0.1) is 0 Å². The molecule has 0 unspecified atom stereocenters. The van der Waals surface area contributed by atoms with Crippen molar-refractivity contribution >= 4 is 41.1 Å². The van der Waals surface area contributed by atoms with Crippen LogP contribution < -0.4 is 4.90 Å². The molecule has 0 atom stereocenters. The molecule has 1 aliphatic heterocycles. The van der Waals surface area contributed by atoms with Gasteiger partial charge in [0.2, 0.25) is 0 Å². The summed E-state index contributed by atoms with van der Waals surface area (Å²) in [4.78, 5) is 12.8. The number of carboxylic acid groups (broad SMARTS) is 1. The Morgan fingerprint density at radius 3 is 2.78 bits per heavy atom. The molecule has 0 aromatic heterocycles. The van der Waals surface area contributed by atoms with Crippen LogP contribution >= 0.6 is 23.4 Å². The number of anilines is 1. The third-order valence-electron chi connectivity index (χ3n) is 2.75. The lowest BCUT2D eigenvalue weighted by molar-refractivity contribution is -0.131. The van der Waals surface area contributed by atoms with Crippen LogP contribution in [0.1, 0.15) is 5.56 Å². The molecule has 0 amide bonds. The fourth-order valence-electron chi connectivity index (χ4n) is 1.95. The number of halogens is 1. The molecule has 0 aliphatic carbocycles. The highest BCUT2D eigenvalue weighted by molar-refractivity contribution is 7.99. The number of para-hydroxylation sites is 1. The van der Waals surface area contributed by atoms with Crippen LogP contribution in [0, 0.1) is 0 Å². The fraction of sp³-hybridized carbons (Fsp3) is 0.308. The molecule has 1 heterocycles. The summed E-state index contributed by atoms with van der Waals surface area (Å²) in [5.41, 5.74) is 1.80. The topological polar surface area (TPSA) is 40.5 Å². The highest BCUT2D eigenvalue weighted by Gasteiger charge is 2.16. The highest BCUT2D eigenvalue weighted by Crippen LogP contribution is 2.32. The smallest absolute Gasteiger partial charge is 0.328 e. The maximum absolute atomic E-state index is 10.6. The first-order valence-electron chi connectivity index (χ1n) is 5.70. The van der Waals surface area contributed by atoms with E-state index in [1.54, 1.807) is 6.08 Å². The van der Waals surface area contributed by atoms with Crippen LogP contribution in [-0.2, 0) is 4.79 Å². The molecule has 1 aromatic rings. The van der Waals surface area contributed by atoms with E-state index in [-0.39, 0.29) is 0 Å². The van der Waals surface area contributed by atoms with Gasteiger partial charge < -0.3 is 10.0 Å². The molecule has 1 aromatic carbocycles. The molecular formula is C13H14ClNO2S. The van der Waals surface area contributed by atoms with Gasteiger partial charge in [-0.3, -0.25) is 0 Å². The standard InChI is InChI=1S/C13H14ClNO2S/c14-11-3-1-2-10(4-5-12(16)17)13(11)15-6-8-18-9-7-15/h1-5H,6-9H2,(H,16,17)/b5-4+. The molecule has 1 aliphatic rings. The van der Waals surface area contributed by atoms with E-state index in [1.807, 2.05) is 30.0 Å². The minimum Gasteiger partial charge on any atom is -0.478 e. The summed E-state index contributed by atoms with van der Waals surface area (Å²) in [7, 11) is 0. The molecule has 1 saturated heterocycles. The molecule has 3 nitrogen and oxygen atoms in total. The summed E-state index contributed by atoms with van der Waals surface area (Å²) >= 11 is 8.17. The number of carbonyl (C=O) groups is 1. The zero-order chi connectivity index (χ0) is 13.0. The Morgan fingerprint density at radius 1 is 1.39 bits per heavy atom. The molecule has 1 N–H and O–H groups in total. The van der Waals surface area contributed by atoms with Crippen molar-refractivity contribution in [3.63, 3.8) is 0 Å². The Morgan fingerprint density at radius 2 is 2.11 bits per heavy atom. The number of carboxylic acids is 1. The van der Waals surface area contributed by atoms with E-state index in [9.17, 15) is 4.79 Å². The largest absolute Gasteiger partial charge is 0.478 e. The first-order chi connectivity index (χ1) is 8.68. The second kappa shape index (κ2) is 6.16. The number of rotatable bonds is 3. The molecular weight excluding hydrogens is 270 g/mol. The number of aliphatic carboxylic acids is 1. The molecule has 0 spiro atoms. The summed E-state index contributed by atoms with van der Waals surface area (Å²) in [5.74, 6) is 1.20. The molecule has 1 fully saturated rings. The van der Waals surface area contributed by atoms with Gasteiger partial charge >= 0.3 is 5.97 Å². The van der Waals surface area contributed by atoms with Gasteiger partial charge in [0.05, 0.1) is 10.7 Å². The fourth-order valence-corrected chi connectivity index (χ4v) is 3.15. The molecule has 96 valence electrons. The predicted molar refractivity (Wildman–Crippen MR) is 77.7 cm³/mol. The Labute approximate surface area is 115 Å². The maximum atomic E-state index is 10.6. The first kappa shape index (κ1) is 13.3. The SMILES string of the molecule is O=C(O)/C=C/c1cccc(Cl)c1N1CCSCC1. The van der Waals surface area contributed by atoms with E-state index in [4.69, 9.17) is 16.7 Å².